The highest BCUT2D eigenvalue weighted by molar-refractivity contribution is 6.04. The first-order valence-electron chi connectivity index (χ1n) is 7.43. The third-order valence-corrected chi connectivity index (χ3v) is 3.90. The third kappa shape index (κ3) is 2.43. The molecule has 7 heteroatoms. The Morgan fingerprint density at radius 3 is 3.09 bits per heavy atom. The summed E-state index contributed by atoms with van der Waals surface area (Å²) in [5.74, 6) is -0.280. The Hall–Kier alpha value is -2.54. The van der Waals surface area contributed by atoms with Crippen LogP contribution in [0, 0.1) is 12.7 Å². The summed E-state index contributed by atoms with van der Waals surface area (Å²) >= 11 is 0. The van der Waals surface area contributed by atoms with E-state index in [1.54, 1.807) is 13.0 Å². The molecule has 0 saturated carbocycles. The molecule has 0 amide bonds. The van der Waals surface area contributed by atoms with Crippen LogP contribution in [0.3, 0.4) is 0 Å². The molecule has 0 aliphatic carbocycles. The number of nitrogens with one attached hydrogen (secondary N) is 1. The van der Waals surface area contributed by atoms with Crippen LogP contribution in [0.5, 0.6) is 5.88 Å². The number of nitrogens with zero attached hydrogens (tertiary/aromatic N) is 2. The topological polar surface area (TPSA) is 77.2 Å². The summed E-state index contributed by atoms with van der Waals surface area (Å²) in [4.78, 5) is 20.7. The van der Waals surface area contributed by atoms with Crippen molar-refractivity contribution >= 4 is 28.0 Å². The summed E-state index contributed by atoms with van der Waals surface area (Å²) in [7, 11) is 0. The maximum absolute atomic E-state index is 13.4. The van der Waals surface area contributed by atoms with Crippen molar-refractivity contribution in [2.75, 3.05) is 6.54 Å². The highest BCUT2D eigenvalue weighted by atomic mass is 19.1. The number of aromatic nitrogens is 2. The van der Waals surface area contributed by atoms with Crippen LogP contribution in [0.4, 0.5) is 4.39 Å². The van der Waals surface area contributed by atoms with Gasteiger partial charge in [0.25, 0.3) is 5.88 Å². The molecule has 1 fully saturated rings. The molecule has 1 atom stereocenters. The standard InChI is InChI=1S/C16H14FN3O3/c1-8-19-13-10-5-4-9(17)7-12(10)22-14(13)15(20-8)23-16(21)11-3-2-6-18-11/h4-5,7,11,18H,2-3,6H2,1H3/t11-/m0/s1. The fourth-order valence-corrected chi connectivity index (χ4v) is 2.82. The van der Waals surface area contributed by atoms with E-state index in [0.717, 1.165) is 19.4 Å². The fourth-order valence-electron chi connectivity index (χ4n) is 2.82. The van der Waals surface area contributed by atoms with Crippen molar-refractivity contribution in [1.29, 1.82) is 0 Å². The van der Waals surface area contributed by atoms with E-state index in [1.165, 1.54) is 12.1 Å². The maximum atomic E-state index is 13.4. The molecular formula is C16H14FN3O3. The van der Waals surface area contributed by atoms with Crippen LogP contribution in [0.2, 0.25) is 0 Å². The first-order chi connectivity index (χ1) is 11.1. The summed E-state index contributed by atoms with van der Waals surface area (Å²) in [6.45, 7) is 2.49. The molecule has 1 N–H and O–H groups in total. The number of carbonyl (C=O) groups is 1. The lowest BCUT2D eigenvalue weighted by atomic mass is 10.2. The van der Waals surface area contributed by atoms with Crippen LogP contribution in [0.15, 0.2) is 22.6 Å². The van der Waals surface area contributed by atoms with Gasteiger partial charge in [-0.25, -0.2) is 14.2 Å². The Bertz CT molecular complexity index is 916. The molecule has 1 aliphatic rings. The number of rotatable bonds is 2. The molecular weight excluding hydrogens is 301 g/mol. The Morgan fingerprint density at radius 1 is 1.43 bits per heavy atom. The zero-order chi connectivity index (χ0) is 16.0. The number of hydrogen-bond acceptors (Lipinski definition) is 6. The average Bonchev–Trinajstić information content (AvgIpc) is 3.14. The number of furan rings is 1. The van der Waals surface area contributed by atoms with Crippen molar-refractivity contribution in [2.45, 2.75) is 25.8 Å². The van der Waals surface area contributed by atoms with E-state index in [0.29, 0.717) is 22.3 Å². The van der Waals surface area contributed by atoms with E-state index in [-0.39, 0.29) is 17.5 Å². The number of ether oxygens (including phenoxy) is 1. The van der Waals surface area contributed by atoms with Crippen molar-refractivity contribution in [1.82, 2.24) is 15.3 Å². The summed E-state index contributed by atoms with van der Waals surface area (Å²) in [5.41, 5.74) is 1.11. The molecule has 2 aromatic heterocycles. The lowest BCUT2D eigenvalue weighted by Gasteiger charge is -2.09. The molecule has 118 valence electrons. The zero-order valence-corrected chi connectivity index (χ0v) is 12.4. The van der Waals surface area contributed by atoms with Crippen molar-refractivity contribution in [3.05, 3.63) is 29.8 Å². The minimum atomic E-state index is -0.407. The summed E-state index contributed by atoms with van der Waals surface area (Å²) < 4.78 is 24.4. The number of halogens is 1. The molecule has 0 bridgehead atoms. The van der Waals surface area contributed by atoms with Crippen molar-refractivity contribution in [2.24, 2.45) is 0 Å². The van der Waals surface area contributed by atoms with Gasteiger partial charge in [0.15, 0.2) is 0 Å². The van der Waals surface area contributed by atoms with Crippen molar-refractivity contribution in [3.8, 4) is 5.88 Å². The van der Waals surface area contributed by atoms with Crippen LogP contribution in [-0.4, -0.2) is 28.5 Å². The number of esters is 1. The van der Waals surface area contributed by atoms with E-state index in [4.69, 9.17) is 9.15 Å². The molecule has 23 heavy (non-hydrogen) atoms. The van der Waals surface area contributed by atoms with Gasteiger partial charge >= 0.3 is 5.97 Å². The van der Waals surface area contributed by atoms with Gasteiger partial charge in [-0.15, -0.1) is 0 Å². The van der Waals surface area contributed by atoms with Gasteiger partial charge in [-0.2, -0.15) is 4.98 Å². The smallest absolute Gasteiger partial charge is 0.329 e. The Balaban J connectivity index is 1.82. The van der Waals surface area contributed by atoms with Crippen LogP contribution in [0.25, 0.3) is 22.1 Å². The first kappa shape index (κ1) is 14.1. The molecule has 0 radical (unpaired) electrons. The Labute approximate surface area is 130 Å². The van der Waals surface area contributed by atoms with Crippen LogP contribution in [-0.2, 0) is 4.79 Å². The van der Waals surface area contributed by atoms with Gasteiger partial charge in [-0.05, 0) is 38.4 Å². The number of carbonyl (C=O) groups excluding carboxylic acids is 1. The number of aryl methyl sites for hydroxylation is 1. The molecule has 6 nitrogen and oxygen atoms in total. The van der Waals surface area contributed by atoms with E-state index < -0.39 is 11.8 Å². The SMILES string of the molecule is Cc1nc(OC(=O)[C@@H]2CCCN2)c2oc3cc(F)ccc3c2n1. The van der Waals surface area contributed by atoms with E-state index in [2.05, 4.69) is 15.3 Å². The second-order valence-electron chi connectivity index (χ2n) is 5.57. The second kappa shape index (κ2) is 5.27. The highest BCUT2D eigenvalue weighted by Crippen LogP contribution is 2.33. The molecule has 0 unspecified atom stereocenters. The summed E-state index contributed by atoms with van der Waals surface area (Å²) in [5, 5.41) is 3.73. The second-order valence-corrected chi connectivity index (χ2v) is 5.57. The van der Waals surface area contributed by atoms with E-state index in [1.807, 2.05) is 0 Å². The average molecular weight is 315 g/mol. The fraction of sp³-hybridized carbons (Fsp3) is 0.312. The van der Waals surface area contributed by atoms with E-state index >= 15 is 0 Å². The van der Waals surface area contributed by atoms with Crippen molar-refractivity contribution in [3.63, 3.8) is 0 Å². The maximum Gasteiger partial charge on any atom is 0.329 e. The normalized spacial score (nSPS) is 17.9. The molecule has 3 heterocycles. The van der Waals surface area contributed by atoms with Gasteiger partial charge < -0.3 is 14.5 Å². The Kier molecular flexibility index (Phi) is 3.23. The van der Waals surface area contributed by atoms with Gasteiger partial charge in [0, 0.05) is 11.5 Å². The monoisotopic (exact) mass is 315 g/mol. The highest BCUT2D eigenvalue weighted by Gasteiger charge is 2.26. The summed E-state index contributed by atoms with van der Waals surface area (Å²) in [6, 6.07) is 3.87. The van der Waals surface area contributed by atoms with Gasteiger partial charge in [0.2, 0.25) is 5.58 Å². The van der Waals surface area contributed by atoms with Gasteiger partial charge in [0.05, 0.1) is 0 Å². The molecule has 1 aliphatic heterocycles. The Morgan fingerprint density at radius 2 is 2.30 bits per heavy atom. The molecule has 0 spiro atoms. The molecule has 4 rings (SSSR count). The third-order valence-electron chi connectivity index (χ3n) is 3.90. The van der Waals surface area contributed by atoms with Crippen molar-refractivity contribution < 1.29 is 18.3 Å². The zero-order valence-electron chi connectivity index (χ0n) is 12.4. The van der Waals surface area contributed by atoms with Gasteiger partial charge in [-0.1, -0.05) is 0 Å². The lowest BCUT2D eigenvalue weighted by Crippen LogP contribution is -2.34. The van der Waals surface area contributed by atoms with Crippen LogP contribution >= 0.6 is 0 Å². The van der Waals surface area contributed by atoms with E-state index in [9.17, 15) is 9.18 Å². The quantitative estimate of drug-likeness (QED) is 0.732. The summed E-state index contributed by atoms with van der Waals surface area (Å²) in [6.07, 6.45) is 1.67. The molecule has 1 aromatic carbocycles. The minimum absolute atomic E-state index is 0.0720. The van der Waals surface area contributed by atoms with Gasteiger partial charge in [0.1, 0.15) is 28.8 Å². The first-order valence-corrected chi connectivity index (χ1v) is 7.43. The van der Waals surface area contributed by atoms with Crippen LogP contribution < -0.4 is 10.1 Å². The molecule has 1 saturated heterocycles. The lowest BCUT2D eigenvalue weighted by molar-refractivity contribution is -0.136. The predicted molar refractivity (Wildman–Crippen MR) is 80.7 cm³/mol. The number of hydrogen-bond donors (Lipinski definition) is 1. The largest absolute Gasteiger partial charge is 0.448 e. The number of fused-ring (bicyclic) bond motifs is 3. The molecule has 3 aromatic rings. The number of benzene rings is 1. The predicted octanol–water partition coefficient (Wildman–Crippen LogP) is 2.48. The van der Waals surface area contributed by atoms with Crippen LogP contribution in [0.1, 0.15) is 18.7 Å². The minimum Gasteiger partial charge on any atom is -0.448 e. The van der Waals surface area contributed by atoms with Gasteiger partial charge in [-0.3, -0.25) is 0 Å².